The number of imide groups is 1. The van der Waals surface area contributed by atoms with Crippen LogP contribution < -0.4 is 14.8 Å². The molecule has 0 aliphatic carbocycles. The van der Waals surface area contributed by atoms with Gasteiger partial charge in [0, 0.05) is 13.2 Å². The van der Waals surface area contributed by atoms with Crippen molar-refractivity contribution in [3.05, 3.63) is 23.8 Å². The van der Waals surface area contributed by atoms with Gasteiger partial charge in [-0.15, -0.1) is 0 Å². The lowest BCUT2D eigenvalue weighted by Crippen LogP contribution is -2.56. The number of rotatable bonds is 9. The maximum atomic E-state index is 13.6. The molecule has 0 radical (unpaired) electrons. The van der Waals surface area contributed by atoms with E-state index in [1.54, 1.807) is 14.2 Å². The van der Waals surface area contributed by atoms with Gasteiger partial charge < -0.3 is 19.5 Å². The molecule has 8 heteroatoms. The summed E-state index contributed by atoms with van der Waals surface area (Å²) in [7, 11) is 3.29. The molecule has 3 amide bonds. The summed E-state index contributed by atoms with van der Waals surface area (Å²) >= 11 is 0. The number of nitrogens with zero attached hydrogens (tertiary/aromatic N) is 2. The SMILES string of the molecule is CCCC1(C2CCN(Cc3ccc(OC)c(OC)c3)CC2)NC(=O)N(CC2CCCO2)C1=O. The summed E-state index contributed by atoms with van der Waals surface area (Å²) < 4.78 is 16.5. The molecule has 0 aromatic heterocycles. The summed E-state index contributed by atoms with van der Waals surface area (Å²) in [6.07, 6.45) is 5.17. The Labute approximate surface area is 196 Å². The van der Waals surface area contributed by atoms with Crippen LogP contribution in [0.15, 0.2) is 18.2 Å². The molecule has 4 rings (SSSR count). The Morgan fingerprint density at radius 3 is 2.52 bits per heavy atom. The summed E-state index contributed by atoms with van der Waals surface area (Å²) in [5, 5.41) is 3.14. The lowest BCUT2D eigenvalue weighted by atomic mass is 9.74. The van der Waals surface area contributed by atoms with Crippen molar-refractivity contribution < 1.29 is 23.8 Å². The van der Waals surface area contributed by atoms with Crippen LogP contribution in [0.5, 0.6) is 11.5 Å². The number of piperidine rings is 1. The Hall–Kier alpha value is -2.32. The topological polar surface area (TPSA) is 80.3 Å². The molecule has 33 heavy (non-hydrogen) atoms. The highest BCUT2D eigenvalue weighted by molar-refractivity contribution is 6.07. The molecule has 1 N–H and O–H groups in total. The number of urea groups is 1. The number of nitrogens with one attached hydrogen (secondary N) is 1. The number of hydrogen-bond donors (Lipinski definition) is 1. The predicted molar refractivity (Wildman–Crippen MR) is 124 cm³/mol. The largest absolute Gasteiger partial charge is 0.493 e. The number of amides is 3. The highest BCUT2D eigenvalue weighted by atomic mass is 16.5. The molecule has 0 saturated carbocycles. The van der Waals surface area contributed by atoms with Gasteiger partial charge in [0.15, 0.2) is 11.5 Å². The summed E-state index contributed by atoms with van der Waals surface area (Å²) in [4.78, 5) is 30.2. The van der Waals surface area contributed by atoms with Gasteiger partial charge in [-0.3, -0.25) is 14.6 Å². The highest BCUT2D eigenvalue weighted by Crippen LogP contribution is 2.38. The third-order valence-corrected chi connectivity index (χ3v) is 7.40. The van der Waals surface area contributed by atoms with Crippen molar-refractivity contribution >= 4 is 11.9 Å². The van der Waals surface area contributed by atoms with E-state index in [2.05, 4.69) is 23.2 Å². The Bertz CT molecular complexity index is 848. The molecule has 2 atom stereocenters. The van der Waals surface area contributed by atoms with Crippen LogP contribution in [-0.4, -0.2) is 73.8 Å². The first-order chi connectivity index (χ1) is 16.0. The number of carbonyl (C=O) groups is 2. The lowest BCUT2D eigenvalue weighted by Gasteiger charge is -2.41. The third kappa shape index (κ3) is 4.82. The zero-order chi connectivity index (χ0) is 23.4. The average molecular weight is 460 g/mol. The molecule has 1 aromatic rings. The smallest absolute Gasteiger partial charge is 0.325 e. The zero-order valence-corrected chi connectivity index (χ0v) is 20.1. The minimum Gasteiger partial charge on any atom is -0.493 e. The molecule has 3 aliphatic rings. The van der Waals surface area contributed by atoms with Crippen LogP contribution in [0.25, 0.3) is 0 Å². The molecular formula is C25H37N3O5. The molecular weight excluding hydrogens is 422 g/mol. The molecule has 182 valence electrons. The van der Waals surface area contributed by atoms with E-state index in [0.717, 1.165) is 63.2 Å². The van der Waals surface area contributed by atoms with Gasteiger partial charge in [0.05, 0.1) is 26.9 Å². The average Bonchev–Trinajstić information content (AvgIpc) is 3.43. The Morgan fingerprint density at radius 1 is 1.12 bits per heavy atom. The second-order valence-electron chi connectivity index (χ2n) is 9.44. The minimum absolute atomic E-state index is 0.0274. The fraction of sp³-hybridized carbons (Fsp3) is 0.680. The standard InChI is InChI=1S/C25H37N3O5/c1-4-11-25(23(29)28(24(30)26-25)17-20-6-5-14-33-20)19-9-12-27(13-10-19)16-18-7-8-21(31-2)22(15-18)32-3/h7-8,15,19-20H,4-6,9-14,16-17H2,1-3H3,(H,26,30). The van der Waals surface area contributed by atoms with Gasteiger partial charge in [-0.05, 0) is 68.8 Å². The van der Waals surface area contributed by atoms with Gasteiger partial charge in [0.2, 0.25) is 0 Å². The van der Waals surface area contributed by atoms with E-state index in [1.165, 1.54) is 10.5 Å². The fourth-order valence-corrected chi connectivity index (χ4v) is 5.67. The van der Waals surface area contributed by atoms with Crippen LogP contribution >= 0.6 is 0 Å². The lowest BCUT2D eigenvalue weighted by molar-refractivity contribution is -0.135. The Balaban J connectivity index is 1.40. The third-order valence-electron chi connectivity index (χ3n) is 7.40. The number of ether oxygens (including phenoxy) is 3. The molecule has 8 nitrogen and oxygen atoms in total. The number of methoxy groups -OCH3 is 2. The van der Waals surface area contributed by atoms with E-state index in [4.69, 9.17) is 14.2 Å². The first-order valence-electron chi connectivity index (χ1n) is 12.2. The van der Waals surface area contributed by atoms with Crippen LogP contribution in [-0.2, 0) is 16.1 Å². The predicted octanol–water partition coefficient (Wildman–Crippen LogP) is 3.19. The van der Waals surface area contributed by atoms with Gasteiger partial charge in [0.1, 0.15) is 5.54 Å². The number of benzene rings is 1. The zero-order valence-electron chi connectivity index (χ0n) is 20.1. The molecule has 0 bridgehead atoms. The van der Waals surface area contributed by atoms with E-state index >= 15 is 0 Å². The summed E-state index contributed by atoms with van der Waals surface area (Å²) in [6.45, 7) is 5.76. The number of hydrogen-bond acceptors (Lipinski definition) is 6. The van der Waals surface area contributed by atoms with Crippen LogP contribution in [0.4, 0.5) is 4.79 Å². The van der Waals surface area contributed by atoms with Crippen molar-refractivity contribution in [1.29, 1.82) is 0 Å². The van der Waals surface area contributed by atoms with E-state index in [-0.39, 0.29) is 24.0 Å². The Morgan fingerprint density at radius 2 is 1.88 bits per heavy atom. The van der Waals surface area contributed by atoms with Gasteiger partial charge in [-0.25, -0.2) is 4.79 Å². The van der Waals surface area contributed by atoms with Crippen LogP contribution in [0.2, 0.25) is 0 Å². The van der Waals surface area contributed by atoms with E-state index in [9.17, 15) is 9.59 Å². The van der Waals surface area contributed by atoms with E-state index in [1.807, 2.05) is 12.1 Å². The Kier molecular flexibility index (Phi) is 7.44. The monoisotopic (exact) mass is 459 g/mol. The number of carbonyl (C=O) groups excluding carboxylic acids is 2. The summed E-state index contributed by atoms with van der Waals surface area (Å²) in [5.41, 5.74) is 0.391. The van der Waals surface area contributed by atoms with Crippen LogP contribution in [0, 0.1) is 5.92 Å². The van der Waals surface area contributed by atoms with Crippen molar-refractivity contribution in [3.8, 4) is 11.5 Å². The highest BCUT2D eigenvalue weighted by Gasteiger charge is 2.55. The molecule has 3 aliphatic heterocycles. The van der Waals surface area contributed by atoms with Crippen LogP contribution in [0.1, 0.15) is 51.0 Å². The second kappa shape index (κ2) is 10.3. The fourth-order valence-electron chi connectivity index (χ4n) is 5.67. The summed E-state index contributed by atoms with van der Waals surface area (Å²) in [5.74, 6) is 1.55. The quantitative estimate of drug-likeness (QED) is 0.572. The second-order valence-corrected chi connectivity index (χ2v) is 9.44. The molecule has 0 spiro atoms. The van der Waals surface area contributed by atoms with Crippen molar-refractivity contribution in [2.45, 2.75) is 63.6 Å². The molecule has 2 unspecified atom stereocenters. The van der Waals surface area contributed by atoms with E-state index < -0.39 is 5.54 Å². The maximum Gasteiger partial charge on any atom is 0.325 e. The van der Waals surface area contributed by atoms with Crippen molar-refractivity contribution in [3.63, 3.8) is 0 Å². The summed E-state index contributed by atoms with van der Waals surface area (Å²) in [6, 6.07) is 5.77. The van der Waals surface area contributed by atoms with E-state index in [0.29, 0.717) is 19.6 Å². The van der Waals surface area contributed by atoms with Crippen molar-refractivity contribution in [1.82, 2.24) is 15.1 Å². The van der Waals surface area contributed by atoms with Gasteiger partial charge >= 0.3 is 6.03 Å². The van der Waals surface area contributed by atoms with Crippen molar-refractivity contribution in [2.24, 2.45) is 5.92 Å². The molecule has 3 heterocycles. The normalized spacial score (nSPS) is 26.6. The van der Waals surface area contributed by atoms with Gasteiger partial charge in [-0.1, -0.05) is 19.4 Å². The van der Waals surface area contributed by atoms with Gasteiger partial charge in [0.25, 0.3) is 5.91 Å². The first kappa shape index (κ1) is 23.8. The van der Waals surface area contributed by atoms with Crippen molar-refractivity contribution in [2.75, 3.05) is 40.5 Å². The molecule has 3 fully saturated rings. The minimum atomic E-state index is -0.778. The molecule has 1 aromatic carbocycles. The van der Waals surface area contributed by atoms with Gasteiger partial charge in [-0.2, -0.15) is 0 Å². The first-order valence-corrected chi connectivity index (χ1v) is 12.2. The maximum absolute atomic E-state index is 13.6. The molecule has 3 saturated heterocycles. The van der Waals surface area contributed by atoms with Crippen LogP contribution in [0.3, 0.4) is 0 Å². The number of likely N-dealkylation sites (tertiary alicyclic amines) is 1.